The number of rotatable bonds is 7. The zero-order valence-corrected chi connectivity index (χ0v) is 14.8. The van der Waals surface area contributed by atoms with Gasteiger partial charge in [-0.15, -0.1) is 0 Å². The minimum absolute atomic E-state index is 0.176. The molecule has 2 fully saturated rings. The largest absolute Gasteiger partial charge is 0.492 e. The first-order valence-electron chi connectivity index (χ1n) is 9.14. The van der Waals surface area contributed by atoms with Crippen molar-refractivity contribution >= 4 is 5.91 Å². The Bertz CT molecular complexity index is 557. The van der Waals surface area contributed by atoms with Crippen molar-refractivity contribution in [3.63, 3.8) is 0 Å². The molecule has 6 nitrogen and oxygen atoms in total. The van der Waals surface area contributed by atoms with Gasteiger partial charge in [0.25, 0.3) is 5.91 Å². The predicted octanol–water partition coefficient (Wildman–Crippen LogP) is 1.43. The summed E-state index contributed by atoms with van der Waals surface area (Å²) in [6.07, 6.45) is 3.20. The van der Waals surface area contributed by atoms with Gasteiger partial charge in [-0.2, -0.15) is 0 Å². The molecular weight excluding hydrogens is 320 g/mol. The Morgan fingerprint density at radius 3 is 2.60 bits per heavy atom. The molecule has 1 aromatic carbocycles. The van der Waals surface area contributed by atoms with Gasteiger partial charge in [-0.3, -0.25) is 9.69 Å². The van der Waals surface area contributed by atoms with E-state index in [2.05, 4.69) is 10.2 Å². The zero-order chi connectivity index (χ0) is 17.6. The van der Waals surface area contributed by atoms with Crippen molar-refractivity contribution < 1.29 is 19.4 Å². The van der Waals surface area contributed by atoms with E-state index in [4.69, 9.17) is 9.47 Å². The minimum atomic E-state index is -0.651. The molecular formula is C19H28N2O4. The monoisotopic (exact) mass is 348 g/mol. The third kappa shape index (κ3) is 4.71. The number of hydrogen-bond donors (Lipinski definition) is 2. The molecule has 1 saturated heterocycles. The van der Waals surface area contributed by atoms with Crippen LogP contribution in [0.3, 0.4) is 0 Å². The molecule has 25 heavy (non-hydrogen) atoms. The maximum Gasteiger partial charge on any atom is 0.251 e. The van der Waals surface area contributed by atoms with Gasteiger partial charge in [-0.25, -0.2) is 0 Å². The third-order valence-electron chi connectivity index (χ3n) is 5.17. The van der Waals surface area contributed by atoms with Crippen molar-refractivity contribution in [2.75, 3.05) is 33.4 Å². The number of aliphatic hydroxyl groups excluding tert-OH is 1. The van der Waals surface area contributed by atoms with Crippen LogP contribution in [-0.2, 0) is 4.74 Å². The average Bonchev–Trinajstić information content (AvgIpc) is 3.26. The Morgan fingerprint density at radius 1 is 1.24 bits per heavy atom. The van der Waals surface area contributed by atoms with Crippen molar-refractivity contribution in [3.8, 4) is 5.75 Å². The first kappa shape index (κ1) is 18.2. The lowest BCUT2D eigenvalue weighted by Gasteiger charge is -2.19. The van der Waals surface area contributed by atoms with E-state index in [1.54, 1.807) is 19.2 Å². The van der Waals surface area contributed by atoms with Gasteiger partial charge in [0.05, 0.1) is 12.1 Å². The van der Waals surface area contributed by atoms with Gasteiger partial charge in [0.1, 0.15) is 18.5 Å². The lowest BCUT2D eigenvalue weighted by molar-refractivity contribution is 0.000207. The van der Waals surface area contributed by atoms with Crippen LogP contribution in [0.5, 0.6) is 5.75 Å². The number of aliphatic hydroxyl groups is 1. The molecule has 0 bridgehead atoms. The fraction of sp³-hybridized carbons (Fsp3) is 0.632. The van der Waals surface area contributed by atoms with Gasteiger partial charge < -0.3 is 19.9 Å². The summed E-state index contributed by atoms with van der Waals surface area (Å²) in [4.78, 5) is 14.7. The van der Waals surface area contributed by atoms with E-state index < -0.39 is 6.10 Å². The van der Waals surface area contributed by atoms with E-state index in [9.17, 15) is 9.90 Å². The summed E-state index contributed by atoms with van der Waals surface area (Å²) in [5.74, 6) is 0.598. The molecule has 3 atom stereocenters. The SMILES string of the molecule is CO[C@@H]1CC[C@@H](NC(=O)c2ccc(OCCN3CCCC3)cc2)[C@H]1O. The van der Waals surface area contributed by atoms with Crippen molar-refractivity contribution in [2.24, 2.45) is 0 Å². The molecule has 1 heterocycles. The van der Waals surface area contributed by atoms with E-state index in [1.165, 1.54) is 25.9 Å². The van der Waals surface area contributed by atoms with Gasteiger partial charge in [-0.1, -0.05) is 0 Å². The molecule has 2 aliphatic rings. The second-order valence-corrected chi connectivity index (χ2v) is 6.84. The normalized spacial score (nSPS) is 26.7. The molecule has 138 valence electrons. The molecule has 2 N–H and O–H groups in total. The second kappa shape index (κ2) is 8.65. The van der Waals surface area contributed by atoms with Gasteiger partial charge >= 0.3 is 0 Å². The molecule has 1 aliphatic heterocycles. The molecule has 0 unspecified atom stereocenters. The fourth-order valence-corrected chi connectivity index (χ4v) is 3.61. The number of ether oxygens (including phenoxy) is 2. The van der Waals surface area contributed by atoms with Crippen LogP contribution in [0.1, 0.15) is 36.0 Å². The molecule has 1 aromatic rings. The van der Waals surface area contributed by atoms with E-state index in [0.29, 0.717) is 12.2 Å². The first-order chi connectivity index (χ1) is 12.2. The van der Waals surface area contributed by atoms with Crippen molar-refractivity contribution in [3.05, 3.63) is 29.8 Å². The Kier molecular flexibility index (Phi) is 6.29. The number of hydrogen-bond acceptors (Lipinski definition) is 5. The van der Waals surface area contributed by atoms with E-state index in [1.807, 2.05) is 12.1 Å². The lowest BCUT2D eigenvalue weighted by Crippen LogP contribution is -2.43. The Hall–Kier alpha value is -1.63. The fourth-order valence-electron chi connectivity index (χ4n) is 3.61. The highest BCUT2D eigenvalue weighted by molar-refractivity contribution is 5.94. The topological polar surface area (TPSA) is 71.0 Å². The van der Waals surface area contributed by atoms with E-state index in [0.717, 1.165) is 25.1 Å². The molecule has 0 radical (unpaired) electrons. The molecule has 1 saturated carbocycles. The minimum Gasteiger partial charge on any atom is -0.492 e. The summed E-state index contributed by atoms with van der Waals surface area (Å²) < 4.78 is 11.0. The Labute approximate surface area is 149 Å². The highest BCUT2D eigenvalue weighted by atomic mass is 16.5. The van der Waals surface area contributed by atoms with Crippen molar-refractivity contribution in [2.45, 2.75) is 43.9 Å². The summed E-state index contributed by atoms with van der Waals surface area (Å²) in [5, 5.41) is 13.0. The lowest BCUT2D eigenvalue weighted by atomic mass is 10.1. The van der Waals surface area contributed by atoms with Crippen LogP contribution in [0.25, 0.3) is 0 Å². The summed E-state index contributed by atoms with van der Waals surface area (Å²) >= 11 is 0. The highest BCUT2D eigenvalue weighted by Gasteiger charge is 2.35. The number of carbonyl (C=O) groups is 1. The third-order valence-corrected chi connectivity index (χ3v) is 5.17. The quantitative estimate of drug-likeness (QED) is 0.780. The molecule has 0 spiro atoms. The molecule has 1 aliphatic carbocycles. The number of likely N-dealkylation sites (tertiary alicyclic amines) is 1. The van der Waals surface area contributed by atoms with Crippen LogP contribution in [0.15, 0.2) is 24.3 Å². The highest BCUT2D eigenvalue weighted by Crippen LogP contribution is 2.23. The Morgan fingerprint density at radius 2 is 1.96 bits per heavy atom. The second-order valence-electron chi connectivity index (χ2n) is 6.84. The summed E-state index contributed by atoms with van der Waals surface area (Å²) in [6.45, 7) is 3.94. The van der Waals surface area contributed by atoms with Gasteiger partial charge in [0, 0.05) is 19.2 Å². The van der Waals surface area contributed by atoms with E-state index >= 15 is 0 Å². The van der Waals surface area contributed by atoms with E-state index in [-0.39, 0.29) is 18.1 Å². The molecule has 6 heteroatoms. The predicted molar refractivity (Wildman–Crippen MR) is 94.9 cm³/mol. The van der Waals surface area contributed by atoms with Crippen LogP contribution in [-0.4, -0.2) is 67.5 Å². The average molecular weight is 348 g/mol. The molecule has 0 aromatic heterocycles. The van der Waals surface area contributed by atoms with Crippen molar-refractivity contribution in [1.82, 2.24) is 10.2 Å². The number of nitrogens with one attached hydrogen (secondary N) is 1. The van der Waals surface area contributed by atoms with Crippen LogP contribution >= 0.6 is 0 Å². The first-order valence-corrected chi connectivity index (χ1v) is 9.14. The maximum atomic E-state index is 12.3. The smallest absolute Gasteiger partial charge is 0.251 e. The summed E-state index contributed by atoms with van der Waals surface area (Å²) in [6, 6.07) is 6.91. The Balaban J connectivity index is 1.45. The number of benzene rings is 1. The van der Waals surface area contributed by atoms with Gasteiger partial charge in [0.2, 0.25) is 0 Å². The number of nitrogens with zero attached hydrogens (tertiary/aromatic N) is 1. The molecule has 3 rings (SSSR count). The van der Waals surface area contributed by atoms with Crippen LogP contribution < -0.4 is 10.1 Å². The van der Waals surface area contributed by atoms with Crippen molar-refractivity contribution in [1.29, 1.82) is 0 Å². The standard InChI is InChI=1S/C19H28N2O4/c1-24-17-9-8-16(18(17)22)20-19(23)14-4-6-15(7-5-14)25-13-12-21-10-2-3-11-21/h4-7,16-18,22H,2-3,8-13H2,1H3,(H,20,23)/t16-,17-,18-/m1/s1. The van der Waals surface area contributed by atoms with Gasteiger partial charge in [-0.05, 0) is 63.0 Å². The maximum absolute atomic E-state index is 12.3. The summed E-state index contributed by atoms with van der Waals surface area (Å²) in [7, 11) is 1.58. The number of amides is 1. The molecule has 1 amide bonds. The zero-order valence-electron chi connectivity index (χ0n) is 14.8. The van der Waals surface area contributed by atoms with Gasteiger partial charge in [0.15, 0.2) is 0 Å². The van der Waals surface area contributed by atoms with Crippen LogP contribution in [0, 0.1) is 0 Å². The van der Waals surface area contributed by atoms with Crippen LogP contribution in [0.4, 0.5) is 0 Å². The number of methoxy groups -OCH3 is 1. The number of carbonyl (C=O) groups excluding carboxylic acids is 1. The summed E-state index contributed by atoms with van der Waals surface area (Å²) in [5.41, 5.74) is 0.569. The van der Waals surface area contributed by atoms with Crippen LogP contribution in [0.2, 0.25) is 0 Å².